The summed E-state index contributed by atoms with van der Waals surface area (Å²) >= 11 is 7.33. The molecular weight excluding hydrogens is 486 g/mol. The quantitative estimate of drug-likeness (QED) is 0.164. The number of benzene rings is 3. The van der Waals surface area contributed by atoms with Crippen LogP contribution in [0.4, 0.5) is 0 Å². The number of carbonyl (C=O) groups is 1. The number of hydrazone groups is 1. The Morgan fingerprint density at radius 2 is 1.94 bits per heavy atom. The van der Waals surface area contributed by atoms with Crippen LogP contribution in [0.1, 0.15) is 11.1 Å². The second kappa shape index (κ2) is 11.1. The molecule has 3 aromatic carbocycles. The SMILES string of the molecule is COc1cccc(C=NNC(=O)CSc2n[nH]c(-c3ccc(C)cc3)[n+]2-c2ccc(Cl)cc2)c1[O-]. The highest BCUT2D eigenvalue weighted by Gasteiger charge is 2.24. The summed E-state index contributed by atoms with van der Waals surface area (Å²) in [6, 6.07) is 20.3. The van der Waals surface area contributed by atoms with Crippen molar-refractivity contribution in [3.8, 4) is 28.6 Å². The first kappa shape index (κ1) is 24.3. The molecule has 4 rings (SSSR count). The number of thioether (sulfide) groups is 1. The van der Waals surface area contributed by atoms with E-state index in [0.29, 0.717) is 15.7 Å². The van der Waals surface area contributed by atoms with Gasteiger partial charge in [0.2, 0.25) is 0 Å². The summed E-state index contributed by atoms with van der Waals surface area (Å²) in [7, 11) is 1.42. The molecule has 1 aromatic heterocycles. The number of hydrogen-bond acceptors (Lipinski definition) is 6. The van der Waals surface area contributed by atoms with Crippen LogP contribution in [0.3, 0.4) is 0 Å². The summed E-state index contributed by atoms with van der Waals surface area (Å²) in [4.78, 5) is 12.4. The van der Waals surface area contributed by atoms with Crippen LogP contribution in [-0.4, -0.2) is 35.2 Å². The van der Waals surface area contributed by atoms with Gasteiger partial charge in [-0.25, -0.2) is 5.43 Å². The molecule has 10 heteroatoms. The van der Waals surface area contributed by atoms with E-state index in [2.05, 4.69) is 20.7 Å². The molecule has 0 atom stereocenters. The average molecular weight is 508 g/mol. The number of nitrogens with zero attached hydrogens (tertiary/aromatic N) is 3. The maximum atomic E-state index is 12.4. The van der Waals surface area contributed by atoms with Gasteiger partial charge in [-0.1, -0.05) is 47.2 Å². The van der Waals surface area contributed by atoms with Gasteiger partial charge in [-0.05, 0) is 66.7 Å². The third kappa shape index (κ3) is 5.82. The van der Waals surface area contributed by atoms with Gasteiger partial charge < -0.3 is 9.84 Å². The maximum absolute atomic E-state index is 12.4. The van der Waals surface area contributed by atoms with Crippen LogP contribution >= 0.6 is 23.4 Å². The number of H-pyrrole nitrogens is 1. The Balaban J connectivity index is 1.50. The molecule has 0 saturated carbocycles. The molecule has 8 nitrogen and oxygen atoms in total. The predicted molar refractivity (Wildman–Crippen MR) is 134 cm³/mol. The summed E-state index contributed by atoms with van der Waals surface area (Å²) in [6.45, 7) is 2.03. The number of carbonyl (C=O) groups excluding carboxylic acids is 1. The number of rotatable bonds is 8. The van der Waals surface area contributed by atoms with E-state index in [0.717, 1.165) is 22.6 Å². The Bertz CT molecular complexity index is 1350. The van der Waals surface area contributed by atoms with Crippen molar-refractivity contribution in [1.82, 2.24) is 15.6 Å². The van der Waals surface area contributed by atoms with Crippen molar-refractivity contribution in [3.63, 3.8) is 0 Å². The third-order valence-corrected chi connectivity index (χ3v) is 6.23. The minimum atomic E-state index is -0.343. The maximum Gasteiger partial charge on any atom is 0.342 e. The number of amides is 1. The highest BCUT2D eigenvalue weighted by atomic mass is 35.5. The highest BCUT2D eigenvalue weighted by molar-refractivity contribution is 7.99. The lowest BCUT2D eigenvalue weighted by atomic mass is 10.1. The van der Waals surface area contributed by atoms with Crippen LogP contribution in [0.25, 0.3) is 17.1 Å². The Morgan fingerprint density at radius 3 is 2.66 bits per heavy atom. The molecule has 0 saturated heterocycles. The fourth-order valence-electron chi connectivity index (χ4n) is 3.26. The zero-order chi connectivity index (χ0) is 24.8. The normalized spacial score (nSPS) is 11.1. The summed E-state index contributed by atoms with van der Waals surface area (Å²) in [5, 5.41) is 24.8. The van der Waals surface area contributed by atoms with Crippen molar-refractivity contribution in [2.24, 2.45) is 5.10 Å². The number of aromatic amines is 1. The molecule has 1 heterocycles. The van der Waals surface area contributed by atoms with E-state index in [1.54, 1.807) is 30.3 Å². The summed E-state index contributed by atoms with van der Waals surface area (Å²) in [5.74, 6) is 0.404. The Morgan fingerprint density at radius 1 is 1.20 bits per heavy atom. The molecule has 0 aliphatic rings. The van der Waals surface area contributed by atoms with Crippen LogP contribution in [0.2, 0.25) is 5.02 Å². The van der Waals surface area contributed by atoms with Crippen LogP contribution in [0, 0.1) is 6.92 Å². The fraction of sp³-hybridized carbons (Fsp3) is 0.120. The van der Waals surface area contributed by atoms with Crippen molar-refractivity contribution in [1.29, 1.82) is 0 Å². The number of ether oxygens (including phenoxy) is 1. The molecular formula is C25H22ClN5O3S. The van der Waals surface area contributed by atoms with E-state index in [4.69, 9.17) is 16.3 Å². The van der Waals surface area contributed by atoms with Crippen LogP contribution in [-0.2, 0) is 4.79 Å². The van der Waals surface area contributed by atoms with Gasteiger partial charge in [0.1, 0.15) is 11.4 Å². The Labute approximate surface area is 211 Å². The summed E-state index contributed by atoms with van der Waals surface area (Å²) in [5.41, 5.74) is 5.70. The summed E-state index contributed by atoms with van der Waals surface area (Å²) < 4.78 is 6.94. The van der Waals surface area contributed by atoms with E-state index in [9.17, 15) is 9.90 Å². The second-order valence-corrected chi connectivity index (χ2v) is 8.87. The van der Waals surface area contributed by atoms with Crippen molar-refractivity contribution >= 4 is 35.5 Å². The number of nitrogens with one attached hydrogen (secondary N) is 2. The number of aryl methyl sites for hydroxylation is 1. The van der Waals surface area contributed by atoms with Gasteiger partial charge in [-0.2, -0.15) is 9.67 Å². The standard InChI is InChI=1S/C25H22ClN5O3S/c1-16-6-8-17(9-7-16)24-29-30-25(31(24)20-12-10-19(26)11-13-20)35-15-22(32)28-27-14-18-4-3-5-21(34-2)23(18)33/h3-14H,15H2,1-2H3,(H2,27,28,32,33). The van der Waals surface area contributed by atoms with E-state index < -0.39 is 0 Å². The molecule has 0 bridgehead atoms. The van der Waals surface area contributed by atoms with E-state index in [-0.39, 0.29) is 23.2 Å². The first-order valence-corrected chi connectivity index (χ1v) is 11.9. The number of para-hydroxylation sites is 1. The highest BCUT2D eigenvalue weighted by Crippen LogP contribution is 2.25. The monoisotopic (exact) mass is 507 g/mol. The van der Waals surface area contributed by atoms with Gasteiger partial charge >= 0.3 is 5.16 Å². The second-order valence-electron chi connectivity index (χ2n) is 7.49. The smallest absolute Gasteiger partial charge is 0.342 e. The minimum Gasteiger partial charge on any atom is -0.870 e. The predicted octanol–water partition coefficient (Wildman–Crippen LogP) is 3.64. The van der Waals surface area contributed by atoms with Gasteiger partial charge in [-0.3, -0.25) is 4.79 Å². The average Bonchev–Trinajstić information content (AvgIpc) is 3.28. The minimum absolute atomic E-state index is 0.0610. The molecule has 0 fully saturated rings. The number of halogens is 1. The lowest BCUT2D eigenvalue weighted by Crippen LogP contribution is -2.34. The first-order valence-electron chi connectivity index (χ1n) is 10.6. The molecule has 0 radical (unpaired) electrons. The topological polar surface area (TPSA) is 106 Å². The van der Waals surface area contributed by atoms with Crippen LogP contribution in [0.15, 0.2) is 77.0 Å². The van der Waals surface area contributed by atoms with Gasteiger partial charge in [0.15, 0.2) is 0 Å². The van der Waals surface area contributed by atoms with Crippen molar-refractivity contribution in [2.45, 2.75) is 12.1 Å². The molecule has 0 spiro atoms. The molecule has 0 aliphatic carbocycles. The van der Waals surface area contributed by atoms with Gasteiger partial charge in [0.05, 0.1) is 29.7 Å². The molecule has 0 unspecified atom stereocenters. The van der Waals surface area contributed by atoms with Gasteiger partial charge in [0, 0.05) is 5.02 Å². The largest absolute Gasteiger partial charge is 0.870 e. The Kier molecular flexibility index (Phi) is 7.69. The summed E-state index contributed by atoms with van der Waals surface area (Å²) in [6.07, 6.45) is 1.30. The van der Waals surface area contributed by atoms with Crippen molar-refractivity contribution < 1.29 is 19.2 Å². The number of aromatic nitrogens is 3. The Hall–Kier alpha value is -3.82. The zero-order valence-electron chi connectivity index (χ0n) is 19.0. The molecule has 0 aliphatic heterocycles. The van der Waals surface area contributed by atoms with Gasteiger partial charge in [0.25, 0.3) is 11.7 Å². The zero-order valence-corrected chi connectivity index (χ0v) is 20.6. The molecule has 1 amide bonds. The fourth-order valence-corrected chi connectivity index (χ4v) is 4.15. The molecule has 2 N–H and O–H groups in total. The number of hydrogen-bond donors (Lipinski definition) is 2. The van der Waals surface area contributed by atoms with E-state index in [1.807, 2.05) is 47.9 Å². The van der Waals surface area contributed by atoms with Crippen molar-refractivity contribution in [2.75, 3.05) is 12.9 Å². The molecule has 178 valence electrons. The molecule has 4 aromatic rings. The van der Waals surface area contributed by atoms with Crippen LogP contribution in [0.5, 0.6) is 11.5 Å². The van der Waals surface area contributed by atoms with E-state index in [1.165, 1.54) is 25.1 Å². The number of methoxy groups -OCH3 is 1. The van der Waals surface area contributed by atoms with Gasteiger partial charge in [-0.15, -0.1) is 5.10 Å². The first-order chi connectivity index (χ1) is 17.0. The molecule has 35 heavy (non-hydrogen) atoms. The van der Waals surface area contributed by atoms with Crippen molar-refractivity contribution in [3.05, 3.63) is 82.9 Å². The van der Waals surface area contributed by atoms with E-state index >= 15 is 0 Å². The lowest BCUT2D eigenvalue weighted by molar-refractivity contribution is -0.625. The van der Waals surface area contributed by atoms with Crippen LogP contribution < -0.4 is 19.8 Å². The third-order valence-electron chi connectivity index (χ3n) is 5.04. The lowest BCUT2D eigenvalue weighted by Gasteiger charge is -2.14.